The first-order chi connectivity index (χ1) is 6.66. The molecule has 0 N–H and O–H groups in total. The van der Waals surface area contributed by atoms with Crippen LogP contribution in [0.15, 0.2) is 17.0 Å². The number of hydrogen-bond acceptors (Lipinski definition) is 5. The molecule has 2 rings (SSSR count). The Kier molecular flexibility index (Phi) is 2.45. The molecule has 0 radical (unpaired) electrons. The van der Waals surface area contributed by atoms with Crippen LogP contribution in [0.4, 0.5) is 0 Å². The Labute approximate surface area is 82.0 Å². The van der Waals surface area contributed by atoms with E-state index in [1.807, 2.05) is 0 Å². The van der Waals surface area contributed by atoms with Gasteiger partial charge in [-0.3, -0.25) is 0 Å². The third-order valence-corrected chi connectivity index (χ3v) is 3.93. The second kappa shape index (κ2) is 3.61. The Morgan fingerprint density at radius 2 is 2.14 bits per heavy atom. The van der Waals surface area contributed by atoms with Gasteiger partial charge in [0.15, 0.2) is 21.8 Å². The SMILES string of the molecule is O=S1(=O)CCC(Oc2cnoc2)CC1. The van der Waals surface area contributed by atoms with E-state index in [9.17, 15) is 8.42 Å². The second-order valence-corrected chi connectivity index (χ2v) is 5.63. The van der Waals surface area contributed by atoms with E-state index < -0.39 is 9.84 Å². The van der Waals surface area contributed by atoms with Gasteiger partial charge in [-0.2, -0.15) is 0 Å². The summed E-state index contributed by atoms with van der Waals surface area (Å²) < 4.78 is 32.3. The second-order valence-electron chi connectivity index (χ2n) is 3.33. The predicted octanol–water partition coefficient (Wildman–Crippen LogP) is 0.631. The van der Waals surface area contributed by atoms with E-state index in [1.54, 1.807) is 0 Å². The van der Waals surface area contributed by atoms with Crippen molar-refractivity contribution in [2.45, 2.75) is 18.9 Å². The minimum atomic E-state index is -2.81. The molecule has 5 nitrogen and oxygen atoms in total. The van der Waals surface area contributed by atoms with Gasteiger partial charge in [-0.15, -0.1) is 0 Å². The lowest BCUT2D eigenvalue weighted by Crippen LogP contribution is -2.30. The van der Waals surface area contributed by atoms with Gasteiger partial charge < -0.3 is 9.26 Å². The summed E-state index contributed by atoms with van der Waals surface area (Å²) in [6, 6.07) is 0. The zero-order valence-corrected chi connectivity index (χ0v) is 8.37. The smallest absolute Gasteiger partial charge is 0.179 e. The van der Waals surface area contributed by atoms with Crippen molar-refractivity contribution in [2.24, 2.45) is 0 Å². The molecule has 0 spiro atoms. The highest BCUT2D eigenvalue weighted by molar-refractivity contribution is 7.91. The number of aromatic nitrogens is 1. The molecule has 14 heavy (non-hydrogen) atoms. The number of hydrogen-bond donors (Lipinski definition) is 0. The molecule has 0 amide bonds. The third-order valence-electron chi connectivity index (χ3n) is 2.21. The topological polar surface area (TPSA) is 69.4 Å². The molecule has 0 aromatic carbocycles. The van der Waals surface area contributed by atoms with Crippen molar-refractivity contribution >= 4 is 9.84 Å². The summed E-state index contributed by atoms with van der Waals surface area (Å²) in [6.45, 7) is 0. The van der Waals surface area contributed by atoms with Gasteiger partial charge in [0.05, 0.1) is 11.5 Å². The predicted molar refractivity (Wildman–Crippen MR) is 48.8 cm³/mol. The minimum Gasteiger partial charge on any atom is -0.485 e. The maximum absolute atomic E-state index is 11.1. The highest BCUT2D eigenvalue weighted by Crippen LogP contribution is 2.19. The third kappa shape index (κ3) is 2.25. The molecule has 1 aliphatic heterocycles. The summed E-state index contributed by atoms with van der Waals surface area (Å²) >= 11 is 0. The van der Waals surface area contributed by atoms with Crippen LogP contribution in [0.3, 0.4) is 0 Å². The summed E-state index contributed by atoms with van der Waals surface area (Å²) in [6.07, 6.45) is 3.95. The Morgan fingerprint density at radius 3 is 2.71 bits per heavy atom. The van der Waals surface area contributed by atoms with Crippen LogP contribution < -0.4 is 4.74 Å². The quantitative estimate of drug-likeness (QED) is 0.726. The fraction of sp³-hybridized carbons (Fsp3) is 0.625. The highest BCUT2D eigenvalue weighted by atomic mass is 32.2. The van der Waals surface area contributed by atoms with Gasteiger partial charge >= 0.3 is 0 Å². The Morgan fingerprint density at radius 1 is 1.43 bits per heavy atom. The van der Waals surface area contributed by atoms with Gasteiger partial charge in [0.2, 0.25) is 0 Å². The van der Waals surface area contributed by atoms with Gasteiger partial charge in [-0.05, 0) is 12.8 Å². The summed E-state index contributed by atoms with van der Waals surface area (Å²) in [7, 11) is -2.81. The van der Waals surface area contributed by atoms with Crippen LogP contribution in [0, 0.1) is 0 Å². The van der Waals surface area contributed by atoms with Crippen LogP contribution in [0.2, 0.25) is 0 Å². The molecule has 0 unspecified atom stereocenters. The molecular formula is C8H11NO4S. The molecule has 0 saturated carbocycles. The first kappa shape index (κ1) is 9.51. The molecule has 1 aromatic heterocycles. The van der Waals surface area contributed by atoms with Crippen LogP contribution in [-0.4, -0.2) is 31.2 Å². The van der Waals surface area contributed by atoms with Gasteiger partial charge in [0, 0.05) is 0 Å². The zero-order chi connectivity index (χ0) is 10.0. The average molecular weight is 217 g/mol. The number of ether oxygens (including phenoxy) is 1. The standard InChI is InChI=1S/C8H11NO4S/c10-14(11)3-1-7(2-4-14)13-8-5-9-12-6-8/h5-7H,1-4H2. The molecule has 1 aromatic rings. The lowest BCUT2D eigenvalue weighted by atomic mass is 10.2. The summed E-state index contributed by atoms with van der Waals surface area (Å²) in [5.74, 6) is 0.987. The fourth-order valence-corrected chi connectivity index (χ4v) is 2.88. The number of nitrogens with zero attached hydrogens (tertiary/aromatic N) is 1. The van der Waals surface area contributed by atoms with E-state index in [1.165, 1.54) is 12.5 Å². The summed E-state index contributed by atoms with van der Waals surface area (Å²) in [4.78, 5) is 0. The van der Waals surface area contributed by atoms with E-state index in [0.717, 1.165) is 0 Å². The van der Waals surface area contributed by atoms with Crippen molar-refractivity contribution in [2.75, 3.05) is 11.5 Å². The number of rotatable bonds is 2. The molecule has 0 atom stereocenters. The Hall–Kier alpha value is -1.04. The van der Waals surface area contributed by atoms with Crippen molar-refractivity contribution in [3.8, 4) is 5.75 Å². The molecule has 78 valence electrons. The minimum absolute atomic E-state index is 0.0297. The first-order valence-electron chi connectivity index (χ1n) is 4.42. The normalized spacial score (nSPS) is 22.0. The maximum atomic E-state index is 11.1. The molecule has 1 saturated heterocycles. The van der Waals surface area contributed by atoms with Gasteiger partial charge in [0.1, 0.15) is 12.3 Å². The molecule has 6 heteroatoms. The van der Waals surface area contributed by atoms with Gasteiger partial charge in [0.25, 0.3) is 0 Å². The van der Waals surface area contributed by atoms with Crippen LogP contribution in [-0.2, 0) is 9.84 Å². The van der Waals surface area contributed by atoms with Crippen molar-refractivity contribution < 1.29 is 17.7 Å². The summed E-state index contributed by atoms with van der Waals surface area (Å²) in [5, 5.41) is 3.50. The van der Waals surface area contributed by atoms with E-state index in [0.29, 0.717) is 18.6 Å². The molecule has 0 aliphatic carbocycles. The van der Waals surface area contributed by atoms with Gasteiger partial charge in [-0.1, -0.05) is 5.16 Å². The molecule has 2 heterocycles. The molecule has 0 bridgehead atoms. The molecule has 1 fully saturated rings. The van der Waals surface area contributed by atoms with E-state index >= 15 is 0 Å². The van der Waals surface area contributed by atoms with Crippen molar-refractivity contribution in [1.82, 2.24) is 5.16 Å². The van der Waals surface area contributed by atoms with E-state index in [2.05, 4.69) is 9.68 Å². The largest absolute Gasteiger partial charge is 0.485 e. The monoisotopic (exact) mass is 217 g/mol. The van der Waals surface area contributed by atoms with Crippen LogP contribution in [0.5, 0.6) is 5.75 Å². The van der Waals surface area contributed by atoms with E-state index in [-0.39, 0.29) is 17.6 Å². The number of sulfone groups is 1. The zero-order valence-electron chi connectivity index (χ0n) is 7.55. The van der Waals surface area contributed by atoms with Crippen LogP contribution in [0.25, 0.3) is 0 Å². The fourth-order valence-electron chi connectivity index (χ4n) is 1.43. The first-order valence-corrected chi connectivity index (χ1v) is 6.24. The molecule has 1 aliphatic rings. The molecular weight excluding hydrogens is 206 g/mol. The highest BCUT2D eigenvalue weighted by Gasteiger charge is 2.24. The van der Waals surface area contributed by atoms with Crippen molar-refractivity contribution in [1.29, 1.82) is 0 Å². The maximum Gasteiger partial charge on any atom is 0.179 e. The van der Waals surface area contributed by atoms with Crippen LogP contribution in [0.1, 0.15) is 12.8 Å². The van der Waals surface area contributed by atoms with E-state index in [4.69, 9.17) is 4.74 Å². The summed E-state index contributed by atoms with van der Waals surface area (Å²) in [5.41, 5.74) is 0. The Bertz CT molecular complexity index is 369. The van der Waals surface area contributed by atoms with Crippen LogP contribution >= 0.6 is 0 Å². The van der Waals surface area contributed by atoms with Gasteiger partial charge in [-0.25, -0.2) is 8.42 Å². The lowest BCUT2D eigenvalue weighted by molar-refractivity contribution is 0.188. The average Bonchev–Trinajstić information content (AvgIpc) is 2.61. The lowest BCUT2D eigenvalue weighted by Gasteiger charge is -2.21. The van der Waals surface area contributed by atoms with Crippen molar-refractivity contribution in [3.05, 3.63) is 12.5 Å². The van der Waals surface area contributed by atoms with Crippen molar-refractivity contribution in [3.63, 3.8) is 0 Å². The Balaban J connectivity index is 1.91.